The third-order valence-electron chi connectivity index (χ3n) is 3.34. The van der Waals surface area contributed by atoms with Gasteiger partial charge in [0.1, 0.15) is 17.6 Å². The second-order valence-corrected chi connectivity index (χ2v) is 5.24. The van der Waals surface area contributed by atoms with Crippen molar-refractivity contribution in [3.05, 3.63) is 17.7 Å². The normalized spacial score (nSPS) is 16.0. The van der Waals surface area contributed by atoms with E-state index in [1.807, 2.05) is 26.0 Å². The van der Waals surface area contributed by atoms with Gasteiger partial charge in [-0.3, -0.25) is 4.79 Å². The van der Waals surface area contributed by atoms with Crippen molar-refractivity contribution >= 4 is 11.6 Å². The number of amides is 1. The number of hydrogen-bond acceptors (Lipinski definition) is 5. The molecule has 0 aromatic heterocycles. The lowest BCUT2D eigenvalue weighted by Crippen LogP contribution is -2.30. The molecule has 1 aromatic rings. The Labute approximate surface area is 131 Å². The fraction of sp³-hybridized carbons (Fsp3) is 0.562. The van der Waals surface area contributed by atoms with Crippen molar-refractivity contribution in [2.24, 2.45) is 0 Å². The van der Waals surface area contributed by atoms with Gasteiger partial charge in [0, 0.05) is 31.7 Å². The Bertz CT molecular complexity index is 519. The summed E-state index contributed by atoms with van der Waals surface area (Å²) in [6.45, 7) is 5.92. The first-order chi connectivity index (χ1) is 10.6. The van der Waals surface area contributed by atoms with Crippen LogP contribution >= 0.6 is 0 Å². The van der Waals surface area contributed by atoms with Gasteiger partial charge < -0.3 is 24.8 Å². The molecule has 2 rings (SSSR count). The van der Waals surface area contributed by atoms with Gasteiger partial charge in [-0.15, -0.1) is 0 Å². The zero-order chi connectivity index (χ0) is 15.9. The second kappa shape index (κ2) is 8.00. The Balaban J connectivity index is 2.02. The summed E-state index contributed by atoms with van der Waals surface area (Å²) in [4.78, 5) is 12.0. The predicted molar refractivity (Wildman–Crippen MR) is 84.8 cm³/mol. The molecule has 2 N–H and O–H groups in total. The molecule has 1 aliphatic rings. The van der Waals surface area contributed by atoms with Crippen molar-refractivity contribution in [2.45, 2.75) is 26.4 Å². The Kier molecular flexibility index (Phi) is 6.03. The number of methoxy groups -OCH3 is 1. The summed E-state index contributed by atoms with van der Waals surface area (Å²) < 4.78 is 16.3. The second-order valence-electron chi connectivity index (χ2n) is 5.24. The van der Waals surface area contributed by atoms with Gasteiger partial charge in [0.05, 0.1) is 25.4 Å². The largest absolute Gasteiger partial charge is 0.492 e. The Morgan fingerprint density at radius 1 is 1.45 bits per heavy atom. The van der Waals surface area contributed by atoms with Gasteiger partial charge in [0.25, 0.3) is 0 Å². The van der Waals surface area contributed by atoms with Gasteiger partial charge in [-0.05, 0) is 19.9 Å². The molecule has 1 aromatic carbocycles. The highest BCUT2D eigenvalue weighted by molar-refractivity contribution is 5.94. The summed E-state index contributed by atoms with van der Waals surface area (Å²) in [5.41, 5.74) is 1.76. The number of rotatable bonds is 8. The van der Waals surface area contributed by atoms with Crippen molar-refractivity contribution in [1.29, 1.82) is 0 Å². The molecule has 0 saturated carbocycles. The van der Waals surface area contributed by atoms with E-state index in [0.29, 0.717) is 31.2 Å². The molecular weight excluding hydrogens is 284 g/mol. The van der Waals surface area contributed by atoms with E-state index in [-0.39, 0.29) is 18.6 Å². The van der Waals surface area contributed by atoms with E-state index in [1.54, 1.807) is 7.11 Å². The topological polar surface area (TPSA) is 68.8 Å². The lowest BCUT2D eigenvalue weighted by atomic mass is 10.1. The minimum atomic E-state index is -0.122. The zero-order valence-electron chi connectivity index (χ0n) is 13.4. The predicted octanol–water partition coefficient (Wildman–Crippen LogP) is 1.58. The molecular formula is C16H24N2O4. The molecule has 0 radical (unpaired) electrons. The lowest BCUT2D eigenvalue weighted by Gasteiger charge is -2.14. The van der Waals surface area contributed by atoms with Crippen LogP contribution in [-0.2, 0) is 16.0 Å². The van der Waals surface area contributed by atoms with Crippen molar-refractivity contribution in [1.82, 2.24) is 5.32 Å². The van der Waals surface area contributed by atoms with Gasteiger partial charge >= 0.3 is 0 Å². The number of anilines is 1. The summed E-state index contributed by atoms with van der Waals surface area (Å²) >= 11 is 0. The average molecular weight is 308 g/mol. The maximum atomic E-state index is 12.0. The van der Waals surface area contributed by atoms with E-state index >= 15 is 0 Å². The molecule has 0 bridgehead atoms. The number of nitrogens with one attached hydrogen (secondary N) is 2. The van der Waals surface area contributed by atoms with Gasteiger partial charge in [0.15, 0.2) is 0 Å². The molecule has 1 unspecified atom stereocenters. The number of fused-ring (bicyclic) bond motifs is 1. The van der Waals surface area contributed by atoms with Crippen LogP contribution in [0.15, 0.2) is 12.1 Å². The van der Waals surface area contributed by atoms with Crippen LogP contribution in [0.4, 0.5) is 5.69 Å². The van der Waals surface area contributed by atoms with Crippen molar-refractivity contribution in [2.75, 3.05) is 38.7 Å². The van der Waals surface area contributed by atoms with Crippen LogP contribution in [0.25, 0.3) is 0 Å². The van der Waals surface area contributed by atoms with E-state index in [0.717, 1.165) is 17.7 Å². The summed E-state index contributed by atoms with van der Waals surface area (Å²) in [6.07, 6.45) is 1.02. The first kappa shape index (κ1) is 16.6. The SMILES string of the molecule is CCOc1cc2c(cc1NC(=O)CNCCOC)OC(C)C2. The number of carbonyl (C=O) groups excluding carboxylic acids is 1. The highest BCUT2D eigenvalue weighted by atomic mass is 16.5. The summed E-state index contributed by atoms with van der Waals surface area (Å²) in [5, 5.41) is 5.88. The van der Waals surface area contributed by atoms with Gasteiger partial charge in [0.2, 0.25) is 5.91 Å². The molecule has 0 saturated heterocycles. The van der Waals surface area contributed by atoms with Crippen LogP contribution in [0, 0.1) is 0 Å². The van der Waals surface area contributed by atoms with Gasteiger partial charge in [-0.2, -0.15) is 0 Å². The number of benzene rings is 1. The summed E-state index contributed by atoms with van der Waals surface area (Å²) in [5.74, 6) is 1.38. The van der Waals surface area contributed by atoms with Gasteiger partial charge in [-0.25, -0.2) is 0 Å². The van der Waals surface area contributed by atoms with E-state index in [4.69, 9.17) is 14.2 Å². The standard InChI is InChI=1S/C16H24N2O4/c1-4-21-15-8-12-7-11(2)22-14(12)9-13(15)18-16(19)10-17-5-6-20-3/h8-9,11,17H,4-7,10H2,1-3H3,(H,18,19). The molecule has 1 aliphatic heterocycles. The number of carbonyl (C=O) groups is 1. The summed E-state index contributed by atoms with van der Waals surface area (Å²) in [7, 11) is 1.63. The molecule has 0 aliphatic carbocycles. The van der Waals surface area contributed by atoms with Crippen LogP contribution in [0.2, 0.25) is 0 Å². The smallest absolute Gasteiger partial charge is 0.238 e. The first-order valence-electron chi connectivity index (χ1n) is 7.60. The van der Waals surface area contributed by atoms with Crippen LogP contribution in [-0.4, -0.2) is 45.4 Å². The maximum absolute atomic E-state index is 12.0. The number of hydrogen-bond donors (Lipinski definition) is 2. The molecule has 6 nitrogen and oxygen atoms in total. The molecule has 1 atom stereocenters. The molecule has 1 amide bonds. The quantitative estimate of drug-likeness (QED) is 0.714. The minimum Gasteiger partial charge on any atom is -0.492 e. The lowest BCUT2D eigenvalue weighted by molar-refractivity contribution is -0.115. The van der Waals surface area contributed by atoms with Crippen LogP contribution in [0.5, 0.6) is 11.5 Å². The molecule has 1 heterocycles. The van der Waals surface area contributed by atoms with E-state index in [9.17, 15) is 4.79 Å². The van der Waals surface area contributed by atoms with E-state index < -0.39 is 0 Å². The third kappa shape index (κ3) is 4.35. The van der Waals surface area contributed by atoms with E-state index in [1.165, 1.54) is 0 Å². The number of ether oxygens (including phenoxy) is 3. The molecule has 6 heteroatoms. The monoisotopic (exact) mass is 308 g/mol. The maximum Gasteiger partial charge on any atom is 0.238 e. The fourth-order valence-corrected chi connectivity index (χ4v) is 2.38. The first-order valence-corrected chi connectivity index (χ1v) is 7.60. The van der Waals surface area contributed by atoms with Crippen LogP contribution in [0.3, 0.4) is 0 Å². The molecule has 22 heavy (non-hydrogen) atoms. The highest BCUT2D eigenvalue weighted by Crippen LogP contribution is 2.37. The molecule has 122 valence electrons. The summed E-state index contributed by atoms with van der Waals surface area (Å²) in [6, 6.07) is 3.80. The zero-order valence-corrected chi connectivity index (χ0v) is 13.4. The third-order valence-corrected chi connectivity index (χ3v) is 3.34. The van der Waals surface area contributed by atoms with Crippen molar-refractivity contribution in [3.8, 4) is 11.5 Å². The van der Waals surface area contributed by atoms with E-state index in [2.05, 4.69) is 10.6 Å². The van der Waals surface area contributed by atoms with Crippen LogP contribution in [0.1, 0.15) is 19.4 Å². The molecule has 0 spiro atoms. The van der Waals surface area contributed by atoms with Gasteiger partial charge in [-0.1, -0.05) is 0 Å². The average Bonchev–Trinajstić information content (AvgIpc) is 2.83. The fourth-order valence-electron chi connectivity index (χ4n) is 2.38. The Morgan fingerprint density at radius 2 is 2.27 bits per heavy atom. The molecule has 0 fully saturated rings. The Hall–Kier alpha value is -1.79. The van der Waals surface area contributed by atoms with Crippen molar-refractivity contribution < 1.29 is 19.0 Å². The van der Waals surface area contributed by atoms with Crippen LogP contribution < -0.4 is 20.1 Å². The van der Waals surface area contributed by atoms with Crippen molar-refractivity contribution in [3.63, 3.8) is 0 Å². The highest BCUT2D eigenvalue weighted by Gasteiger charge is 2.22. The Morgan fingerprint density at radius 3 is 3.00 bits per heavy atom. The minimum absolute atomic E-state index is 0.122.